The molecule has 0 aromatic carbocycles. The fourth-order valence-electron chi connectivity index (χ4n) is 2.38. The molecule has 1 fully saturated rings. The lowest BCUT2D eigenvalue weighted by molar-refractivity contribution is 0.323. The first-order valence-electron chi connectivity index (χ1n) is 6.16. The van der Waals surface area contributed by atoms with Crippen molar-refractivity contribution in [3.8, 4) is 0 Å². The molecule has 13 heavy (non-hydrogen) atoms. The van der Waals surface area contributed by atoms with Gasteiger partial charge in [-0.2, -0.15) is 0 Å². The zero-order valence-corrected chi connectivity index (χ0v) is 9.23. The van der Waals surface area contributed by atoms with Crippen molar-refractivity contribution in [1.82, 2.24) is 0 Å². The Morgan fingerprint density at radius 2 is 1.92 bits per heavy atom. The monoisotopic (exact) mass is 181 g/mol. The van der Waals surface area contributed by atoms with Gasteiger partial charge in [-0.05, 0) is 11.8 Å². The summed E-state index contributed by atoms with van der Waals surface area (Å²) in [6.07, 6.45) is 13.0. The van der Waals surface area contributed by atoms with Crippen LogP contribution in [0.25, 0.3) is 0 Å². The van der Waals surface area contributed by atoms with E-state index < -0.39 is 0 Å². The second-order valence-corrected chi connectivity index (χ2v) is 4.71. The molecule has 0 N–H and O–H groups in total. The Labute approximate surface area is 84.1 Å². The standard InChI is InChI=1S/C13H25/c1-3-12(2)8-7-11-13-9-5-4-6-10-13/h12-13H,2-11H2,1H3. The number of rotatable bonds is 5. The second-order valence-electron chi connectivity index (χ2n) is 4.71. The molecule has 0 heteroatoms. The second kappa shape index (κ2) is 6.45. The van der Waals surface area contributed by atoms with Gasteiger partial charge in [0.05, 0.1) is 0 Å². The fourth-order valence-corrected chi connectivity index (χ4v) is 2.38. The van der Waals surface area contributed by atoms with Crippen molar-refractivity contribution < 1.29 is 0 Å². The first-order valence-corrected chi connectivity index (χ1v) is 6.16. The lowest BCUT2D eigenvalue weighted by Crippen LogP contribution is -2.06. The summed E-state index contributed by atoms with van der Waals surface area (Å²) < 4.78 is 0. The van der Waals surface area contributed by atoms with Crippen molar-refractivity contribution in [2.75, 3.05) is 0 Å². The van der Waals surface area contributed by atoms with E-state index in [0.29, 0.717) is 5.92 Å². The topological polar surface area (TPSA) is 0 Å². The molecular formula is C13H25. The minimum Gasteiger partial charge on any atom is -0.0651 e. The van der Waals surface area contributed by atoms with Gasteiger partial charge >= 0.3 is 0 Å². The van der Waals surface area contributed by atoms with E-state index in [4.69, 9.17) is 0 Å². The van der Waals surface area contributed by atoms with Gasteiger partial charge in [0.2, 0.25) is 0 Å². The molecule has 0 heterocycles. The van der Waals surface area contributed by atoms with E-state index in [9.17, 15) is 0 Å². The maximum absolute atomic E-state index is 4.14. The third kappa shape index (κ3) is 4.69. The Bertz CT molecular complexity index is 111. The molecule has 0 bridgehead atoms. The van der Waals surface area contributed by atoms with Crippen LogP contribution >= 0.6 is 0 Å². The minimum atomic E-state index is 0.712. The summed E-state index contributed by atoms with van der Waals surface area (Å²) in [7, 11) is 0. The fraction of sp³-hybridized carbons (Fsp3) is 0.923. The zero-order valence-electron chi connectivity index (χ0n) is 9.23. The predicted molar refractivity (Wildman–Crippen MR) is 59.6 cm³/mol. The Morgan fingerprint density at radius 1 is 1.23 bits per heavy atom. The van der Waals surface area contributed by atoms with Crippen molar-refractivity contribution in [1.29, 1.82) is 0 Å². The molecule has 1 aliphatic rings. The average molecular weight is 181 g/mol. The lowest BCUT2D eigenvalue weighted by Gasteiger charge is -2.21. The smallest absolute Gasteiger partial charge is 0.0414 e. The average Bonchev–Trinajstić information content (AvgIpc) is 2.19. The van der Waals surface area contributed by atoms with Crippen molar-refractivity contribution in [3.05, 3.63) is 6.92 Å². The number of hydrogen-bond acceptors (Lipinski definition) is 0. The van der Waals surface area contributed by atoms with Crippen LogP contribution in [0.5, 0.6) is 0 Å². The van der Waals surface area contributed by atoms with Crippen LogP contribution in [0.4, 0.5) is 0 Å². The minimum absolute atomic E-state index is 0.712. The van der Waals surface area contributed by atoms with E-state index in [-0.39, 0.29) is 0 Å². The van der Waals surface area contributed by atoms with Gasteiger partial charge in [-0.25, -0.2) is 0 Å². The Hall–Kier alpha value is 0. The van der Waals surface area contributed by atoms with E-state index >= 15 is 0 Å². The molecular weight excluding hydrogens is 156 g/mol. The SMILES string of the molecule is [CH2]C(CC)CCCC1CCCCC1. The quantitative estimate of drug-likeness (QED) is 0.581. The van der Waals surface area contributed by atoms with Crippen LogP contribution in [0.3, 0.4) is 0 Å². The first kappa shape index (κ1) is 11.1. The van der Waals surface area contributed by atoms with Crippen LogP contribution in [0, 0.1) is 18.8 Å². The zero-order chi connectivity index (χ0) is 9.52. The van der Waals surface area contributed by atoms with Gasteiger partial charge in [0.1, 0.15) is 0 Å². The molecule has 0 nitrogen and oxygen atoms in total. The molecule has 1 rings (SSSR count). The van der Waals surface area contributed by atoms with Crippen LogP contribution in [-0.2, 0) is 0 Å². The van der Waals surface area contributed by atoms with Gasteiger partial charge in [-0.1, -0.05) is 71.6 Å². The van der Waals surface area contributed by atoms with Crippen LogP contribution in [-0.4, -0.2) is 0 Å². The first-order chi connectivity index (χ1) is 6.33. The van der Waals surface area contributed by atoms with Crippen LogP contribution in [0.2, 0.25) is 0 Å². The van der Waals surface area contributed by atoms with Crippen LogP contribution < -0.4 is 0 Å². The van der Waals surface area contributed by atoms with Gasteiger partial charge in [0.25, 0.3) is 0 Å². The van der Waals surface area contributed by atoms with Gasteiger partial charge in [0.15, 0.2) is 0 Å². The largest absolute Gasteiger partial charge is 0.0651 e. The summed E-state index contributed by atoms with van der Waals surface area (Å²) >= 11 is 0. The molecule has 0 aromatic rings. The Morgan fingerprint density at radius 3 is 2.54 bits per heavy atom. The van der Waals surface area contributed by atoms with Gasteiger partial charge in [0, 0.05) is 0 Å². The molecule has 0 saturated heterocycles. The molecule has 0 spiro atoms. The molecule has 1 saturated carbocycles. The van der Waals surface area contributed by atoms with Crippen LogP contribution in [0.15, 0.2) is 0 Å². The van der Waals surface area contributed by atoms with Crippen LogP contribution in [0.1, 0.15) is 64.7 Å². The summed E-state index contributed by atoms with van der Waals surface area (Å²) in [5.41, 5.74) is 0. The maximum atomic E-state index is 4.14. The van der Waals surface area contributed by atoms with E-state index in [0.717, 1.165) is 5.92 Å². The van der Waals surface area contributed by atoms with Gasteiger partial charge in [-0.15, -0.1) is 0 Å². The van der Waals surface area contributed by atoms with E-state index in [1.807, 2.05) is 0 Å². The Balaban J connectivity index is 1.98. The maximum Gasteiger partial charge on any atom is -0.0414 e. The molecule has 1 unspecified atom stereocenters. The van der Waals surface area contributed by atoms with Gasteiger partial charge < -0.3 is 0 Å². The number of hydrogen-bond donors (Lipinski definition) is 0. The molecule has 0 aliphatic heterocycles. The van der Waals surface area contributed by atoms with Crippen molar-refractivity contribution in [2.45, 2.75) is 64.7 Å². The highest BCUT2D eigenvalue weighted by Gasteiger charge is 2.12. The van der Waals surface area contributed by atoms with E-state index in [1.54, 1.807) is 0 Å². The highest BCUT2D eigenvalue weighted by Crippen LogP contribution is 2.28. The van der Waals surface area contributed by atoms with Crippen molar-refractivity contribution >= 4 is 0 Å². The normalized spacial score (nSPS) is 21.7. The van der Waals surface area contributed by atoms with E-state index in [1.165, 1.54) is 57.8 Å². The summed E-state index contributed by atoms with van der Waals surface area (Å²) in [4.78, 5) is 0. The molecule has 0 amide bonds. The predicted octanol–water partition coefficient (Wildman–Crippen LogP) is 4.60. The lowest BCUT2D eigenvalue weighted by atomic mass is 9.85. The van der Waals surface area contributed by atoms with Crippen molar-refractivity contribution in [3.63, 3.8) is 0 Å². The van der Waals surface area contributed by atoms with Gasteiger partial charge in [-0.3, -0.25) is 0 Å². The highest BCUT2D eigenvalue weighted by atomic mass is 14.2. The molecule has 1 aliphatic carbocycles. The molecule has 0 aromatic heterocycles. The third-order valence-corrected chi connectivity index (χ3v) is 3.53. The summed E-state index contributed by atoms with van der Waals surface area (Å²) in [5.74, 6) is 1.78. The van der Waals surface area contributed by atoms with E-state index in [2.05, 4.69) is 13.8 Å². The molecule has 77 valence electrons. The summed E-state index contributed by atoms with van der Waals surface area (Å²) in [6, 6.07) is 0. The Kier molecular flexibility index (Phi) is 5.50. The highest BCUT2D eigenvalue weighted by molar-refractivity contribution is 4.67. The molecule has 1 atom stereocenters. The third-order valence-electron chi connectivity index (χ3n) is 3.53. The van der Waals surface area contributed by atoms with Crippen molar-refractivity contribution in [2.24, 2.45) is 11.8 Å². The summed E-state index contributed by atoms with van der Waals surface area (Å²) in [5, 5.41) is 0. The summed E-state index contributed by atoms with van der Waals surface area (Å²) in [6.45, 7) is 6.39. The molecule has 1 radical (unpaired) electrons.